The molecule has 1 saturated heterocycles. The number of carbonyl (C=O) groups is 2. The molecule has 0 spiro atoms. The van der Waals surface area contributed by atoms with Gasteiger partial charge in [0.15, 0.2) is 0 Å². The third-order valence-electron chi connectivity index (χ3n) is 4.34. The summed E-state index contributed by atoms with van der Waals surface area (Å²) in [6.07, 6.45) is 1.44. The molecule has 6 nitrogen and oxygen atoms in total. The Bertz CT molecular complexity index is 776. The average molecular weight is 373 g/mol. The van der Waals surface area contributed by atoms with E-state index in [0.29, 0.717) is 25.3 Å². The first kappa shape index (κ1) is 18.3. The number of carbonyl (C=O) groups excluding carboxylic acids is 2. The Hall–Kier alpha value is -2.54. The zero-order chi connectivity index (χ0) is 18.5. The number of thiophene rings is 1. The molecular weight excluding hydrogens is 350 g/mol. The molecule has 26 heavy (non-hydrogen) atoms. The second-order valence-electron chi connectivity index (χ2n) is 6.20. The molecule has 2 aromatic rings. The first-order chi connectivity index (χ1) is 12.6. The summed E-state index contributed by atoms with van der Waals surface area (Å²) >= 11 is 1.62. The molecule has 1 aromatic heterocycles. The van der Waals surface area contributed by atoms with E-state index in [1.165, 1.54) is 0 Å². The number of benzene rings is 1. The topological polar surface area (TPSA) is 70.7 Å². The van der Waals surface area contributed by atoms with Gasteiger partial charge in [0.2, 0.25) is 11.8 Å². The van der Waals surface area contributed by atoms with Crippen LogP contribution in [0.15, 0.2) is 35.7 Å². The van der Waals surface area contributed by atoms with Crippen LogP contribution in [0.1, 0.15) is 24.6 Å². The first-order valence-electron chi connectivity index (χ1n) is 8.63. The number of ether oxygens (including phenoxy) is 1. The zero-order valence-corrected chi connectivity index (χ0v) is 15.8. The molecule has 2 heterocycles. The molecule has 1 aromatic carbocycles. The van der Waals surface area contributed by atoms with Crippen molar-refractivity contribution in [2.75, 3.05) is 23.9 Å². The number of amides is 2. The van der Waals surface area contributed by atoms with Crippen molar-refractivity contribution < 1.29 is 14.3 Å². The van der Waals surface area contributed by atoms with E-state index in [9.17, 15) is 9.59 Å². The second kappa shape index (κ2) is 8.23. The number of hydrogen-bond donors (Lipinski definition) is 2. The lowest BCUT2D eigenvalue weighted by molar-refractivity contribution is -0.121. The van der Waals surface area contributed by atoms with Crippen molar-refractivity contribution in [1.29, 1.82) is 0 Å². The first-order valence-corrected chi connectivity index (χ1v) is 9.51. The SMILES string of the molecule is COc1cc(N[C@@H](C)C(=O)NCc2cccs2)ccc1N1CCCC1=O. The van der Waals surface area contributed by atoms with Gasteiger partial charge in [0.05, 0.1) is 19.3 Å². The molecular formula is C19H23N3O3S. The van der Waals surface area contributed by atoms with Crippen molar-refractivity contribution >= 4 is 34.5 Å². The van der Waals surface area contributed by atoms with Crippen molar-refractivity contribution in [2.45, 2.75) is 32.4 Å². The highest BCUT2D eigenvalue weighted by atomic mass is 32.1. The van der Waals surface area contributed by atoms with Crippen LogP contribution in [0.25, 0.3) is 0 Å². The van der Waals surface area contributed by atoms with Crippen molar-refractivity contribution in [2.24, 2.45) is 0 Å². The predicted octanol–water partition coefficient (Wildman–Crippen LogP) is 3.00. The van der Waals surface area contributed by atoms with Gasteiger partial charge >= 0.3 is 0 Å². The molecule has 0 saturated carbocycles. The highest BCUT2D eigenvalue weighted by Crippen LogP contribution is 2.34. The van der Waals surface area contributed by atoms with Gasteiger partial charge < -0.3 is 20.3 Å². The Labute approximate surface area is 157 Å². The van der Waals surface area contributed by atoms with Crippen molar-refractivity contribution in [1.82, 2.24) is 5.32 Å². The van der Waals surface area contributed by atoms with Gasteiger partial charge in [0, 0.05) is 29.6 Å². The van der Waals surface area contributed by atoms with E-state index in [-0.39, 0.29) is 17.9 Å². The number of methoxy groups -OCH3 is 1. The van der Waals surface area contributed by atoms with Gasteiger partial charge in [-0.1, -0.05) is 6.07 Å². The highest BCUT2D eigenvalue weighted by molar-refractivity contribution is 7.09. The summed E-state index contributed by atoms with van der Waals surface area (Å²) in [5.41, 5.74) is 1.55. The molecule has 0 radical (unpaired) electrons. The summed E-state index contributed by atoms with van der Waals surface area (Å²) in [5.74, 6) is 0.665. The van der Waals surface area contributed by atoms with Crippen LogP contribution in [0.4, 0.5) is 11.4 Å². The lowest BCUT2D eigenvalue weighted by atomic mass is 10.2. The number of anilines is 2. The van der Waals surface area contributed by atoms with Crippen LogP contribution < -0.4 is 20.3 Å². The van der Waals surface area contributed by atoms with Crippen molar-refractivity contribution in [3.8, 4) is 5.75 Å². The van der Waals surface area contributed by atoms with E-state index in [1.54, 1.807) is 23.3 Å². The van der Waals surface area contributed by atoms with Crippen LogP contribution in [-0.4, -0.2) is 31.5 Å². The molecule has 3 rings (SSSR count). The molecule has 1 fully saturated rings. The van der Waals surface area contributed by atoms with Gasteiger partial charge in [-0.3, -0.25) is 9.59 Å². The quantitative estimate of drug-likeness (QED) is 0.783. The number of nitrogens with zero attached hydrogens (tertiary/aromatic N) is 1. The van der Waals surface area contributed by atoms with Gasteiger partial charge in [-0.05, 0) is 36.9 Å². The Morgan fingerprint density at radius 1 is 1.38 bits per heavy atom. The summed E-state index contributed by atoms with van der Waals surface area (Å²) in [6, 6.07) is 9.12. The zero-order valence-electron chi connectivity index (χ0n) is 15.0. The van der Waals surface area contributed by atoms with Gasteiger partial charge in [0.1, 0.15) is 11.8 Å². The summed E-state index contributed by atoms with van der Waals surface area (Å²) in [4.78, 5) is 27.1. The van der Waals surface area contributed by atoms with E-state index in [0.717, 1.165) is 22.7 Å². The minimum Gasteiger partial charge on any atom is -0.494 e. The van der Waals surface area contributed by atoms with Gasteiger partial charge in [-0.15, -0.1) is 11.3 Å². The summed E-state index contributed by atoms with van der Waals surface area (Å²) < 4.78 is 5.45. The molecule has 1 aliphatic rings. The fourth-order valence-electron chi connectivity index (χ4n) is 2.95. The lowest BCUT2D eigenvalue weighted by Crippen LogP contribution is -2.37. The van der Waals surface area contributed by atoms with Crippen molar-refractivity contribution in [3.63, 3.8) is 0 Å². The maximum atomic E-state index is 12.3. The largest absolute Gasteiger partial charge is 0.494 e. The molecule has 2 amide bonds. The van der Waals surface area contributed by atoms with E-state index in [4.69, 9.17) is 4.74 Å². The molecule has 138 valence electrons. The summed E-state index contributed by atoms with van der Waals surface area (Å²) in [5, 5.41) is 8.09. The number of hydrogen-bond acceptors (Lipinski definition) is 5. The fourth-order valence-corrected chi connectivity index (χ4v) is 3.59. The predicted molar refractivity (Wildman–Crippen MR) is 104 cm³/mol. The Morgan fingerprint density at radius 2 is 2.23 bits per heavy atom. The summed E-state index contributed by atoms with van der Waals surface area (Å²) in [6.45, 7) is 3.06. The Kier molecular flexibility index (Phi) is 5.78. The average Bonchev–Trinajstić information content (AvgIpc) is 3.31. The minimum absolute atomic E-state index is 0.0730. The number of nitrogens with one attached hydrogen (secondary N) is 2. The van der Waals surface area contributed by atoms with Crippen LogP contribution in [0.3, 0.4) is 0 Å². The fraction of sp³-hybridized carbons (Fsp3) is 0.368. The molecule has 0 aliphatic carbocycles. The second-order valence-corrected chi connectivity index (χ2v) is 7.23. The third-order valence-corrected chi connectivity index (χ3v) is 5.21. The van der Waals surface area contributed by atoms with E-state index in [1.807, 2.05) is 42.6 Å². The van der Waals surface area contributed by atoms with Crippen LogP contribution in [0.2, 0.25) is 0 Å². The van der Waals surface area contributed by atoms with Crippen LogP contribution in [0.5, 0.6) is 5.75 Å². The van der Waals surface area contributed by atoms with E-state index in [2.05, 4.69) is 10.6 Å². The number of rotatable bonds is 7. The molecule has 7 heteroatoms. The monoisotopic (exact) mass is 373 g/mol. The van der Waals surface area contributed by atoms with Gasteiger partial charge in [-0.2, -0.15) is 0 Å². The van der Waals surface area contributed by atoms with E-state index < -0.39 is 0 Å². The molecule has 1 atom stereocenters. The Morgan fingerprint density at radius 3 is 2.88 bits per heavy atom. The molecule has 2 N–H and O–H groups in total. The maximum absolute atomic E-state index is 12.3. The molecule has 0 unspecified atom stereocenters. The minimum atomic E-state index is -0.390. The Balaban J connectivity index is 1.63. The smallest absolute Gasteiger partial charge is 0.242 e. The van der Waals surface area contributed by atoms with Gasteiger partial charge in [-0.25, -0.2) is 0 Å². The lowest BCUT2D eigenvalue weighted by Gasteiger charge is -2.21. The van der Waals surface area contributed by atoms with Crippen LogP contribution in [0, 0.1) is 0 Å². The van der Waals surface area contributed by atoms with Crippen LogP contribution >= 0.6 is 11.3 Å². The summed E-state index contributed by atoms with van der Waals surface area (Å²) in [7, 11) is 1.58. The van der Waals surface area contributed by atoms with Crippen molar-refractivity contribution in [3.05, 3.63) is 40.6 Å². The molecule has 1 aliphatic heterocycles. The van der Waals surface area contributed by atoms with Gasteiger partial charge in [0.25, 0.3) is 0 Å². The maximum Gasteiger partial charge on any atom is 0.242 e. The highest BCUT2D eigenvalue weighted by Gasteiger charge is 2.24. The molecule has 0 bridgehead atoms. The standard InChI is InChI=1S/C19H23N3O3S/c1-13(19(24)20-12-15-5-4-10-26-15)21-14-7-8-16(17(11-14)25-2)22-9-3-6-18(22)23/h4-5,7-8,10-11,13,21H,3,6,9,12H2,1-2H3,(H,20,24)/t13-/m0/s1. The van der Waals surface area contributed by atoms with Crippen LogP contribution in [-0.2, 0) is 16.1 Å². The third kappa shape index (κ3) is 4.16. The van der Waals surface area contributed by atoms with E-state index >= 15 is 0 Å². The normalized spacial score (nSPS) is 15.0.